The highest BCUT2D eigenvalue weighted by Crippen LogP contribution is 2.26. The first-order chi connectivity index (χ1) is 15.3. The lowest BCUT2D eigenvalue weighted by Gasteiger charge is -2.27. The van der Waals surface area contributed by atoms with Crippen LogP contribution < -0.4 is 10.2 Å². The first kappa shape index (κ1) is 21.6. The van der Waals surface area contributed by atoms with E-state index in [0.717, 1.165) is 28.1 Å². The third-order valence-electron chi connectivity index (χ3n) is 5.42. The predicted molar refractivity (Wildman–Crippen MR) is 131 cm³/mol. The molecule has 0 saturated carbocycles. The van der Waals surface area contributed by atoms with Gasteiger partial charge in [-0.15, -0.1) is 0 Å². The molecule has 6 nitrogen and oxygen atoms in total. The van der Waals surface area contributed by atoms with Crippen LogP contribution in [0.3, 0.4) is 0 Å². The van der Waals surface area contributed by atoms with Crippen molar-refractivity contribution in [2.45, 2.75) is 46.7 Å². The van der Waals surface area contributed by atoms with E-state index in [1.807, 2.05) is 91.0 Å². The topological polar surface area (TPSA) is 63.1 Å². The van der Waals surface area contributed by atoms with E-state index in [4.69, 9.17) is 4.98 Å². The molecular weight excluding hydrogens is 398 g/mol. The van der Waals surface area contributed by atoms with Gasteiger partial charge >= 0.3 is 0 Å². The molecule has 6 heteroatoms. The molecule has 32 heavy (non-hydrogen) atoms. The molecule has 2 aromatic carbocycles. The normalized spacial score (nSPS) is 11.3. The van der Waals surface area contributed by atoms with Crippen molar-refractivity contribution in [2.75, 3.05) is 10.2 Å². The van der Waals surface area contributed by atoms with Crippen molar-refractivity contribution in [3.05, 3.63) is 78.1 Å². The van der Waals surface area contributed by atoms with Crippen molar-refractivity contribution in [3.8, 4) is 0 Å². The summed E-state index contributed by atoms with van der Waals surface area (Å²) in [7, 11) is 0. The molecule has 0 aliphatic rings. The Morgan fingerprint density at radius 3 is 2.25 bits per heavy atom. The average Bonchev–Trinajstić information content (AvgIpc) is 3.18. The third kappa shape index (κ3) is 4.21. The van der Waals surface area contributed by atoms with Gasteiger partial charge < -0.3 is 10.2 Å². The van der Waals surface area contributed by atoms with Crippen LogP contribution in [-0.4, -0.2) is 26.7 Å². The summed E-state index contributed by atoms with van der Waals surface area (Å²) in [5, 5.41) is 8.69. The standard InChI is InChI=1S/C26H29N5O/c1-17(2)30(23-13-11-22(12-14-23)29-21-9-7-6-8-10-21)26(32)24-15-20-16-27-31(18(3)4)25(20)28-19(24)5/h6-18,29H,1-5H3. The molecule has 2 heterocycles. The molecule has 0 radical (unpaired) electrons. The van der Waals surface area contributed by atoms with Gasteiger partial charge in [0.15, 0.2) is 5.65 Å². The molecule has 4 aromatic rings. The summed E-state index contributed by atoms with van der Waals surface area (Å²) in [5.74, 6) is -0.0621. The Morgan fingerprint density at radius 2 is 1.62 bits per heavy atom. The quantitative estimate of drug-likeness (QED) is 0.403. The van der Waals surface area contributed by atoms with Crippen LogP contribution in [0, 0.1) is 6.92 Å². The largest absolute Gasteiger partial charge is 0.356 e. The Morgan fingerprint density at radius 1 is 0.969 bits per heavy atom. The minimum Gasteiger partial charge on any atom is -0.356 e. The first-order valence-electron chi connectivity index (χ1n) is 11.0. The second kappa shape index (κ2) is 8.83. The molecule has 0 aliphatic heterocycles. The van der Waals surface area contributed by atoms with Crippen molar-refractivity contribution in [1.82, 2.24) is 14.8 Å². The summed E-state index contributed by atoms with van der Waals surface area (Å²) in [5.41, 5.74) is 4.95. The number of carbonyl (C=O) groups excluding carboxylic acids is 1. The van der Waals surface area contributed by atoms with Gasteiger partial charge in [0.1, 0.15) is 0 Å². The summed E-state index contributed by atoms with van der Waals surface area (Å²) in [4.78, 5) is 20.1. The zero-order chi connectivity index (χ0) is 22.8. The minimum absolute atomic E-state index is 0.0103. The molecule has 0 fully saturated rings. The summed E-state index contributed by atoms with van der Waals surface area (Å²) >= 11 is 0. The molecule has 0 bridgehead atoms. The van der Waals surface area contributed by atoms with Crippen LogP contribution in [0.5, 0.6) is 0 Å². The average molecular weight is 428 g/mol. The van der Waals surface area contributed by atoms with Gasteiger partial charge in [-0.3, -0.25) is 4.79 Å². The van der Waals surface area contributed by atoms with Crippen molar-refractivity contribution >= 4 is 34.0 Å². The Bertz CT molecular complexity index is 1230. The van der Waals surface area contributed by atoms with Gasteiger partial charge in [-0.1, -0.05) is 18.2 Å². The lowest BCUT2D eigenvalue weighted by atomic mass is 10.1. The maximum atomic E-state index is 13.6. The number of hydrogen-bond donors (Lipinski definition) is 1. The molecular formula is C26H29N5O. The number of nitrogens with zero attached hydrogens (tertiary/aromatic N) is 4. The molecule has 0 spiro atoms. The Kier molecular flexibility index (Phi) is 5.95. The number of amides is 1. The number of aryl methyl sites for hydroxylation is 1. The number of fused-ring (bicyclic) bond motifs is 1. The van der Waals surface area contributed by atoms with Gasteiger partial charge in [0, 0.05) is 34.5 Å². The van der Waals surface area contributed by atoms with Gasteiger partial charge in [-0.25, -0.2) is 9.67 Å². The number of para-hydroxylation sites is 1. The Hall–Kier alpha value is -3.67. The molecule has 164 valence electrons. The van der Waals surface area contributed by atoms with Crippen LogP contribution in [0.25, 0.3) is 11.0 Å². The van der Waals surface area contributed by atoms with Crippen LogP contribution in [0.2, 0.25) is 0 Å². The van der Waals surface area contributed by atoms with Crippen LogP contribution in [0.15, 0.2) is 66.9 Å². The monoisotopic (exact) mass is 427 g/mol. The molecule has 4 rings (SSSR count). The highest BCUT2D eigenvalue weighted by Gasteiger charge is 2.24. The molecule has 1 N–H and O–H groups in total. The maximum Gasteiger partial charge on any atom is 0.260 e. The Balaban J connectivity index is 1.64. The van der Waals surface area contributed by atoms with E-state index in [0.29, 0.717) is 11.3 Å². The fraction of sp³-hybridized carbons (Fsp3) is 0.269. The fourth-order valence-corrected chi connectivity index (χ4v) is 3.83. The van der Waals surface area contributed by atoms with Crippen LogP contribution in [-0.2, 0) is 0 Å². The van der Waals surface area contributed by atoms with Gasteiger partial charge in [0.05, 0.1) is 17.5 Å². The van der Waals surface area contributed by atoms with Crippen molar-refractivity contribution in [2.24, 2.45) is 0 Å². The van der Waals surface area contributed by atoms with Crippen molar-refractivity contribution in [3.63, 3.8) is 0 Å². The Labute approximate surface area is 188 Å². The molecule has 0 saturated heterocycles. The zero-order valence-electron chi connectivity index (χ0n) is 19.2. The van der Waals surface area contributed by atoms with Gasteiger partial charge in [0.2, 0.25) is 0 Å². The summed E-state index contributed by atoms with van der Waals surface area (Å²) < 4.78 is 1.88. The second-order valence-corrected chi connectivity index (χ2v) is 8.52. The van der Waals surface area contributed by atoms with Gasteiger partial charge in [-0.2, -0.15) is 5.10 Å². The molecule has 2 aromatic heterocycles. The minimum atomic E-state index is -0.0621. The summed E-state index contributed by atoms with van der Waals surface area (Å²) in [6.07, 6.45) is 1.78. The SMILES string of the molecule is Cc1nc2c(cnn2C(C)C)cc1C(=O)N(c1ccc(Nc2ccccc2)cc1)C(C)C. The van der Waals surface area contributed by atoms with Crippen molar-refractivity contribution < 1.29 is 4.79 Å². The number of nitrogens with one attached hydrogen (secondary N) is 1. The van der Waals surface area contributed by atoms with E-state index >= 15 is 0 Å². The number of hydrogen-bond acceptors (Lipinski definition) is 4. The summed E-state index contributed by atoms with van der Waals surface area (Å²) in [6, 6.07) is 20.0. The number of benzene rings is 2. The highest BCUT2D eigenvalue weighted by molar-refractivity contribution is 6.08. The molecule has 0 atom stereocenters. The molecule has 0 aliphatic carbocycles. The van der Waals surface area contributed by atoms with Gasteiger partial charge in [-0.05, 0) is 77.1 Å². The summed E-state index contributed by atoms with van der Waals surface area (Å²) in [6.45, 7) is 10.1. The number of rotatable bonds is 6. The second-order valence-electron chi connectivity index (χ2n) is 8.52. The zero-order valence-corrected chi connectivity index (χ0v) is 19.2. The van der Waals surface area contributed by atoms with E-state index in [-0.39, 0.29) is 18.0 Å². The van der Waals surface area contributed by atoms with E-state index in [1.54, 1.807) is 6.20 Å². The lowest BCUT2D eigenvalue weighted by Crippen LogP contribution is -2.37. The first-order valence-corrected chi connectivity index (χ1v) is 11.0. The number of carbonyl (C=O) groups is 1. The third-order valence-corrected chi connectivity index (χ3v) is 5.42. The predicted octanol–water partition coefficient (Wildman–Crippen LogP) is 6.12. The lowest BCUT2D eigenvalue weighted by molar-refractivity contribution is 0.0979. The van der Waals surface area contributed by atoms with E-state index in [1.165, 1.54) is 0 Å². The number of pyridine rings is 1. The van der Waals surface area contributed by atoms with Crippen molar-refractivity contribution in [1.29, 1.82) is 0 Å². The smallest absolute Gasteiger partial charge is 0.260 e. The molecule has 1 amide bonds. The van der Waals surface area contributed by atoms with E-state index < -0.39 is 0 Å². The maximum absolute atomic E-state index is 13.6. The number of anilines is 3. The number of aromatic nitrogens is 3. The van der Waals surface area contributed by atoms with Crippen LogP contribution >= 0.6 is 0 Å². The van der Waals surface area contributed by atoms with E-state index in [9.17, 15) is 4.79 Å². The highest BCUT2D eigenvalue weighted by atomic mass is 16.2. The van der Waals surface area contributed by atoms with Crippen LogP contribution in [0.4, 0.5) is 17.1 Å². The van der Waals surface area contributed by atoms with Crippen LogP contribution in [0.1, 0.15) is 49.8 Å². The van der Waals surface area contributed by atoms with E-state index in [2.05, 4.69) is 24.3 Å². The van der Waals surface area contributed by atoms with Gasteiger partial charge in [0.25, 0.3) is 5.91 Å². The fourth-order valence-electron chi connectivity index (χ4n) is 3.83. The molecule has 0 unspecified atom stereocenters.